The second-order valence-electron chi connectivity index (χ2n) is 9.65. The van der Waals surface area contributed by atoms with Crippen molar-refractivity contribution in [1.29, 1.82) is 0 Å². The fourth-order valence-corrected chi connectivity index (χ4v) is 5.83. The van der Waals surface area contributed by atoms with Crippen LogP contribution in [-0.2, 0) is 16.0 Å². The zero-order chi connectivity index (χ0) is 25.4. The molecule has 8 heteroatoms. The van der Waals surface area contributed by atoms with Gasteiger partial charge in [-0.15, -0.1) is 0 Å². The van der Waals surface area contributed by atoms with Gasteiger partial charge in [-0.3, -0.25) is 14.4 Å². The Morgan fingerprint density at radius 2 is 1.89 bits per heavy atom. The summed E-state index contributed by atoms with van der Waals surface area (Å²) in [7, 11) is 0. The standard InChI is InChI=1S/C28H32N4O3S/c1-4-16(2)29-26(33)22(13-14-36-3)31-27(34)23-15-20-17-9-7-8-12-21(17)30-24(20)25-18-10-5-6-11-19(18)28(35)32(23)25/h5-12,16,22-23,25,30H,4,13-15H2,1-3H3,(H,29,33)(H,31,34). The smallest absolute Gasteiger partial charge is 0.255 e. The van der Waals surface area contributed by atoms with Crippen molar-refractivity contribution in [3.8, 4) is 0 Å². The number of hydrogen-bond acceptors (Lipinski definition) is 4. The zero-order valence-corrected chi connectivity index (χ0v) is 21.7. The van der Waals surface area contributed by atoms with Gasteiger partial charge in [0.2, 0.25) is 11.8 Å². The summed E-state index contributed by atoms with van der Waals surface area (Å²) in [6.07, 6.45) is 3.71. The van der Waals surface area contributed by atoms with Crippen molar-refractivity contribution in [3.05, 3.63) is 70.9 Å². The van der Waals surface area contributed by atoms with E-state index < -0.39 is 12.1 Å². The van der Waals surface area contributed by atoms with E-state index in [1.165, 1.54) is 0 Å². The Morgan fingerprint density at radius 3 is 2.67 bits per heavy atom. The molecule has 3 amide bonds. The first-order chi connectivity index (χ1) is 17.4. The molecule has 0 aliphatic carbocycles. The SMILES string of the molecule is CCC(C)NC(=O)C(CCSC)NC(=O)C1Cc2c([nH]c3ccccc23)C2c3ccccc3C(=O)N12. The predicted molar refractivity (Wildman–Crippen MR) is 143 cm³/mol. The summed E-state index contributed by atoms with van der Waals surface area (Å²) in [6.45, 7) is 3.97. The topological polar surface area (TPSA) is 94.3 Å². The highest BCUT2D eigenvalue weighted by Crippen LogP contribution is 2.46. The number of carbonyl (C=O) groups excluding carboxylic acids is 3. The molecule has 3 aromatic rings. The lowest BCUT2D eigenvalue weighted by atomic mass is 9.89. The minimum absolute atomic E-state index is 0.0219. The number of H-pyrrole nitrogens is 1. The van der Waals surface area contributed by atoms with Gasteiger partial charge in [0.1, 0.15) is 12.1 Å². The molecule has 7 nitrogen and oxygen atoms in total. The van der Waals surface area contributed by atoms with E-state index in [1.54, 1.807) is 16.7 Å². The lowest BCUT2D eigenvalue weighted by Crippen LogP contribution is -2.57. The number of aromatic amines is 1. The van der Waals surface area contributed by atoms with Crippen molar-refractivity contribution in [2.45, 2.75) is 57.3 Å². The number of amides is 3. The number of nitrogens with one attached hydrogen (secondary N) is 3. The van der Waals surface area contributed by atoms with Crippen LogP contribution >= 0.6 is 11.8 Å². The number of nitrogens with zero attached hydrogens (tertiary/aromatic N) is 1. The monoisotopic (exact) mass is 504 g/mol. The molecular weight excluding hydrogens is 472 g/mol. The first kappa shape index (κ1) is 24.4. The molecule has 0 spiro atoms. The van der Waals surface area contributed by atoms with Gasteiger partial charge in [0, 0.05) is 34.6 Å². The van der Waals surface area contributed by atoms with E-state index in [0.29, 0.717) is 18.4 Å². The number of thioether (sulfide) groups is 1. The third kappa shape index (κ3) is 4.17. The Bertz CT molecular complexity index is 1320. The molecule has 0 saturated carbocycles. The highest BCUT2D eigenvalue weighted by atomic mass is 32.2. The number of hydrogen-bond donors (Lipinski definition) is 3. The molecule has 188 valence electrons. The molecule has 2 aliphatic rings. The molecule has 4 unspecified atom stereocenters. The van der Waals surface area contributed by atoms with Crippen molar-refractivity contribution in [2.24, 2.45) is 0 Å². The van der Waals surface area contributed by atoms with Crippen LogP contribution in [0.2, 0.25) is 0 Å². The molecule has 2 aliphatic heterocycles. The molecule has 36 heavy (non-hydrogen) atoms. The Labute approximate surface area is 215 Å². The molecule has 2 aromatic carbocycles. The maximum absolute atomic E-state index is 13.8. The van der Waals surface area contributed by atoms with Gasteiger partial charge in [0.05, 0.1) is 6.04 Å². The average Bonchev–Trinajstić information content (AvgIpc) is 3.41. The maximum Gasteiger partial charge on any atom is 0.255 e. The van der Waals surface area contributed by atoms with Gasteiger partial charge in [-0.2, -0.15) is 11.8 Å². The second-order valence-corrected chi connectivity index (χ2v) is 10.6. The van der Waals surface area contributed by atoms with Crippen LogP contribution in [0, 0.1) is 0 Å². The highest BCUT2D eigenvalue weighted by molar-refractivity contribution is 7.98. The van der Waals surface area contributed by atoms with Crippen molar-refractivity contribution in [2.75, 3.05) is 12.0 Å². The molecule has 3 heterocycles. The minimum atomic E-state index is -0.713. The first-order valence-corrected chi connectivity index (χ1v) is 13.9. The number of para-hydroxylation sites is 1. The van der Waals surface area contributed by atoms with Gasteiger partial charge in [0.15, 0.2) is 0 Å². The number of fused-ring (bicyclic) bond motifs is 7. The lowest BCUT2D eigenvalue weighted by molar-refractivity contribution is -0.132. The Kier molecular flexibility index (Phi) is 6.79. The van der Waals surface area contributed by atoms with Crippen molar-refractivity contribution < 1.29 is 14.4 Å². The fraction of sp³-hybridized carbons (Fsp3) is 0.393. The van der Waals surface area contributed by atoms with Crippen LogP contribution in [0.25, 0.3) is 10.9 Å². The minimum Gasteiger partial charge on any atom is -0.356 e. The molecule has 3 N–H and O–H groups in total. The van der Waals surface area contributed by atoms with Gasteiger partial charge >= 0.3 is 0 Å². The highest BCUT2D eigenvalue weighted by Gasteiger charge is 2.49. The zero-order valence-electron chi connectivity index (χ0n) is 20.8. The summed E-state index contributed by atoms with van der Waals surface area (Å²) in [5.41, 5.74) is 4.54. The van der Waals surface area contributed by atoms with Crippen LogP contribution in [-0.4, -0.2) is 57.7 Å². The van der Waals surface area contributed by atoms with E-state index in [4.69, 9.17) is 0 Å². The predicted octanol–water partition coefficient (Wildman–Crippen LogP) is 3.79. The van der Waals surface area contributed by atoms with Crippen LogP contribution in [0.3, 0.4) is 0 Å². The maximum atomic E-state index is 13.8. The number of carbonyl (C=O) groups is 3. The molecule has 0 bridgehead atoms. The van der Waals surface area contributed by atoms with Crippen LogP contribution in [0.4, 0.5) is 0 Å². The molecule has 0 saturated heterocycles. The third-order valence-corrected chi connectivity index (χ3v) is 8.04. The van der Waals surface area contributed by atoms with Gasteiger partial charge in [-0.05, 0) is 55.0 Å². The first-order valence-electron chi connectivity index (χ1n) is 12.5. The molecular formula is C28H32N4O3S. The molecule has 0 radical (unpaired) electrons. The quantitative estimate of drug-likeness (QED) is 0.435. The van der Waals surface area contributed by atoms with E-state index in [1.807, 2.05) is 62.6 Å². The summed E-state index contributed by atoms with van der Waals surface area (Å²) in [6, 6.07) is 13.9. The number of aromatic nitrogens is 1. The second kappa shape index (κ2) is 10.0. The summed E-state index contributed by atoms with van der Waals surface area (Å²) >= 11 is 1.64. The van der Waals surface area contributed by atoms with Crippen molar-refractivity contribution >= 4 is 40.4 Å². The Morgan fingerprint density at radius 1 is 1.14 bits per heavy atom. The van der Waals surface area contributed by atoms with Crippen LogP contribution in [0.5, 0.6) is 0 Å². The normalized spacial score (nSPS) is 19.9. The lowest BCUT2D eigenvalue weighted by Gasteiger charge is -2.37. The van der Waals surface area contributed by atoms with Crippen LogP contribution in [0.15, 0.2) is 48.5 Å². The van der Waals surface area contributed by atoms with E-state index in [-0.39, 0.29) is 29.8 Å². The summed E-state index contributed by atoms with van der Waals surface area (Å²) < 4.78 is 0. The Hall–Kier alpha value is -3.26. The number of rotatable bonds is 8. The van der Waals surface area contributed by atoms with E-state index >= 15 is 0 Å². The average molecular weight is 505 g/mol. The van der Waals surface area contributed by atoms with Gasteiger partial charge in [0.25, 0.3) is 5.91 Å². The Balaban J connectivity index is 1.51. The van der Waals surface area contributed by atoms with Crippen molar-refractivity contribution in [1.82, 2.24) is 20.5 Å². The molecule has 4 atom stereocenters. The fourth-order valence-electron chi connectivity index (χ4n) is 5.36. The summed E-state index contributed by atoms with van der Waals surface area (Å²) in [5.74, 6) is 0.127. The molecule has 0 fully saturated rings. The van der Waals surface area contributed by atoms with E-state index in [0.717, 1.165) is 39.9 Å². The van der Waals surface area contributed by atoms with Crippen LogP contribution < -0.4 is 10.6 Å². The summed E-state index contributed by atoms with van der Waals surface area (Å²) in [4.78, 5) is 45.7. The van der Waals surface area contributed by atoms with Crippen molar-refractivity contribution in [3.63, 3.8) is 0 Å². The van der Waals surface area contributed by atoms with Gasteiger partial charge in [-0.1, -0.05) is 43.3 Å². The van der Waals surface area contributed by atoms with E-state index in [2.05, 4.69) is 21.7 Å². The largest absolute Gasteiger partial charge is 0.356 e. The van der Waals surface area contributed by atoms with E-state index in [9.17, 15) is 14.4 Å². The molecule has 5 rings (SSSR count). The summed E-state index contributed by atoms with van der Waals surface area (Å²) in [5, 5.41) is 7.08. The van der Waals surface area contributed by atoms with Crippen LogP contribution in [0.1, 0.15) is 59.9 Å². The van der Waals surface area contributed by atoms with Gasteiger partial charge < -0.3 is 20.5 Å². The van der Waals surface area contributed by atoms with Gasteiger partial charge in [-0.25, -0.2) is 0 Å². The molecule has 1 aromatic heterocycles. The number of benzene rings is 2. The third-order valence-electron chi connectivity index (χ3n) is 7.40.